The third-order valence-electron chi connectivity index (χ3n) is 3.97. The van der Waals surface area contributed by atoms with Crippen molar-refractivity contribution < 1.29 is 4.79 Å². The number of pyridine rings is 1. The van der Waals surface area contributed by atoms with Crippen molar-refractivity contribution in [1.29, 1.82) is 0 Å². The van der Waals surface area contributed by atoms with Gasteiger partial charge >= 0.3 is 0 Å². The predicted octanol–water partition coefficient (Wildman–Crippen LogP) is 2.73. The molecule has 1 N–H and O–H groups in total. The van der Waals surface area contributed by atoms with E-state index in [-0.39, 0.29) is 11.9 Å². The van der Waals surface area contributed by atoms with Gasteiger partial charge in [-0.05, 0) is 37.9 Å². The van der Waals surface area contributed by atoms with Crippen LogP contribution in [-0.2, 0) is 4.79 Å². The second-order valence-corrected chi connectivity index (χ2v) is 5.53. The molecule has 1 aromatic heterocycles. The lowest BCUT2D eigenvalue weighted by Crippen LogP contribution is -2.51. The van der Waals surface area contributed by atoms with Crippen LogP contribution >= 0.6 is 0 Å². The van der Waals surface area contributed by atoms with Crippen molar-refractivity contribution in [3.05, 3.63) is 36.5 Å². The smallest absolute Gasteiger partial charge is 0.244 e. The molecule has 0 saturated carbocycles. The molecular weight excluding hydrogens is 262 g/mol. The summed E-state index contributed by atoms with van der Waals surface area (Å²) in [5.74, 6) is 0.173. The van der Waals surface area contributed by atoms with Gasteiger partial charge in [0.1, 0.15) is 0 Å². The molecule has 0 aliphatic carbocycles. The zero-order chi connectivity index (χ0) is 14.7. The van der Waals surface area contributed by atoms with Crippen LogP contribution in [0.4, 0.5) is 5.69 Å². The Kier molecular flexibility index (Phi) is 4.15. The number of carbonyl (C=O) groups excluding carboxylic acids is 1. The first-order valence-electron chi connectivity index (χ1n) is 7.69. The number of hydrogen-bond acceptors (Lipinski definition) is 3. The Morgan fingerprint density at radius 3 is 3.10 bits per heavy atom. The standard InChI is InChI=1S/C17H21N3O/c1-2-9-18-16-8-5-10-20(17(16)21)14-11-13-6-3-4-7-15(13)19-12-14/h3-4,6-7,11-12,16,18H,2,5,8-10H2,1H3. The second kappa shape index (κ2) is 6.22. The van der Waals surface area contributed by atoms with Gasteiger partial charge in [0.15, 0.2) is 0 Å². The van der Waals surface area contributed by atoms with Gasteiger partial charge in [-0.3, -0.25) is 9.78 Å². The number of aromatic nitrogens is 1. The molecule has 3 rings (SSSR count). The van der Waals surface area contributed by atoms with Crippen molar-refractivity contribution >= 4 is 22.5 Å². The molecule has 0 radical (unpaired) electrons. The number of rotatable bonds is 4. The number of carbonyl (C=O) groups is 1. The Labute approximate surface area is 125 Å². The first-order chi connectivity index (χ1) is 10.3. The molecule has 1 atom stereocenters. The molecular formula is C17H21N3O. The molecule has 0 spiro atoms. The fraction of sp³-hybridized carbons (Fsp3) is 0.412. The van der Waals surface area contributed by atoms with E-state index in [1.807, 2.05) is 35.4 Å². The van der Waals surface area contributed by atoms with Crippen molar-refractivity contribution in [2.75, 3.05) is 18.0 Å². The summed E-state index contributed by atoms with van der Waals surface area (Å²) in [6.45, 7) is 3.79. The normalized spacial score (nSPS) is 19.2. The fourth-order valence-electron chi connectivity index (χ4n) is 2.85. The summed E-state index contributed by atoms with van der Waals surface area (Å²) in [6.07, 6.45) is 4.81. The minimum Gasteiger partial charge on any atom is -0.310 e. The van der Waals surface area contributed by atoms with Crippen LogP contribution in [0.3, 0.4) is 0 Å². The van der Waals surface area contributed by atoms with E-state index in [1.165, 1.54) is 0 Å². The maximum atomic E-state index is 12.6. The van der Waals surface area contributed by atoms with Crippen LogP contribution in [0.5, 0.6) is 0 Å². The number of nitrogens with zero attached hydrogens (tertiary/aromatic N) is 2. The van der Waals surface area contributed by atoms with Crippen molar-refractivity contribution in [3.8, 4) is 0 Å². The molecule has 1 aliphatic heterocycles. The average molecular weight is 283 g/mol. The van der Waals surface area contributed by atoms with Gasteiger partial charge in [0.05, 0.1) is 23.4 Å². The lowest BCUT2D eigenvalue weighted by Gasteiger charge is -2.32. The molecule has 1 unspecified atom stereocenters. The topological polar surface area (TPSA) is 45.2 Å². The maximum Gasteiger partial charge on any atom is 0.244 e. The third-order valence-corrected chi connectivity index (χ3v) is 3.97. The summed E-state index contributed by atoms with van der Waals surface area (Å²) >= 11 is 0. The second-order valence-electron chi connectivity index (χ2n) is 5.53. The van der Waals surface area contributed by atoms with Gasteiger partial charge < -0.3 is 10.2 Å². The number of fused-ring (bicyclic) bond motifs is 1. The van der Waals surface area contributed by atoms with Gasteiger partial charge in [0, 0.05) is 11.9 Å². The highest BCUT2D eigenvalue weighted by Gasteiger charge is 2.29. The summed E-state index contributed by atoms with van der Waals surface area (Å²) < 4.78 is 0. The Bertz CT molecular complexity index is 641. The zero-order valence-corrected chi connectivity index (χ0v) is 12.4. The SMILES string of the molecule is CCCNC1CCCN(c2cnc3ccccc3c2)C1=O. The highest BCUT2D eigenvalue weighted by atomic mass is 16.2. The first-order valence-corrected chi connectivity index (χ1v) is 7.69. The molecule has 1 fully saturated rings. The van der Waals surface area contributed by atoms with Crippen LogP contribution in [0.15, 0.2) is 36.5 Å². The van der Waals surface area contributed by atoms with E-state index in [1.54, 1.807) is 0 Å². The summed E-state index contributed by atoms with van der Waals surface area (Å²) in [4.78, 5) is 18.9. The van der Waals surface area contributed by atoms with Crippen molar-refractivity contribution in [3.63, 3.8) is 0 Å². The number of anilines is 1. The zero-order valence-electron chi connectivity index (χ0n) is 12.4. The highest BCUT2D eigenvalue weighted by Crippen LogP contribution is 2.24. The quantitative estimate of drug-likeness (QED) is 0.938. The molecule has 4 heteroatoms. The largest absolute Gasteiger partial charge is 0.310 e. The van der Waals surface area contributed by atoms with Crippen LogP contribution in [0.25, 0.3) is 10.9 Å². The van der Waals surface area contributed by atoms with E-state index >= 15 is 0 Å². The molecule has 1 aliphatic rings. The van der Waals surface area contributed by atoms with E-state index < -0.39 is 0 Å². The van der Waals surface area contributed by atoms with Crippen LogP contribution in [0.1, 0.15) is 26.2 Å². The minimum absolute atomic E-state index is 0.0508. The highest BCUT2D eigenvalue weighted by molar-refractivity contribution is 5.99. The molecule has 1 amide bonds. The number of nitrogens with one attached hydrogen (secondary N) is 1. The first kappa shape index (κ1) is 14.0. The number of hydrogen-bond donors (Lipinski definition) is 1. The van der Waals surface area contributed by atoms with E-state index in [0.717, 1.165) is 48.9 Å². The third kappa shape index (κ3) is 2.90. The molecule has 110 valence electrons. The van der Waals surface area contributed by atoms with Gasteiger partial charge in [-0.15, -0.1) is 0 Å². The van der Waals surface area contributed by atoms with Crippen molar-refractivity contribution in [2.45, 2.75) is 32.2 Å². The van der Waals surface area contributed by atoms with Crippen LogP contribution in [0, 0.1) is 0 Å². The van der Waals surface area contributed by atoms with E-state index in [9.17, 15) is 4.79 Å². The fourth-order valence-corrected chi connectivity index (χ4v) is 2.85. The van der Waals surface area contributed by atoms with Crippen molar-refractivity contribution in [2.24, 2.45) is 0 Å². The molecule has 2 heterocycles. The van der Waals surface area contributed by atoms with Gasteiger partial charge in [-0.2, -0.15) is 0 Å². The Morgan fingerprint density at radius 2 is 2.24 bits per heavy atom. The summed E-state index contributed by atoms with van der Waals surface area (Å²) in [7, 11) is 0. The summed E-state index contributed by atoms with van der Waals surface area (Å²) in [5.41, 5.74) is 1.87. The van der Waals surface area contributed by atoms with E-state index in [2.05, 4.69) is 23.3 Å². The van der Waals surface area contributed by atoms with Gasteiger partial charge in [-0.25, -0.2) is 0 Å². The number of piperidine rings is 1. The van der Waals surface area contributed by atoms with Gasteiger partial charge in [0.2, 0.25) is 5.91 Å². The Balaban J connectivity index is 1.85. The molecule has 21 heavy (non-hydrogen) atoms. The molecule has 2 aromatic rings. The van der Waals surface area contributed by atoms with Gasteiger partial charge in [-0.1, -0.05) is 25.1 Å². The molecule has 1 aromatic carbocycles. The summed E-state index contributed by atoms with van der Waals surface area (Å²) in [6, 6.07) is 10.0. The Morgan fingerprint density at radius 1 is 1.38 bits per heavy atom. The van der Waals surface area contributed by atoms with E-state index in [0.29, 0.717) is 0 Å². The predicted molar refractivity (Wildman–Crippen MR) is 85.4 cm³/mol. The van der Waals surface area contributed by atoms with Crippen LogP contribution in [0.2, 0.25) is 0 Å². The number of para-hydroxylation sites is 1. The Hall–Kier alpha value is -1.94. The molecule has 0 bridgehead atoms. The molecule has 1 saturated heterocycles. The summed E-state index contributed by atoms with van der Waals surface area (Å²) in [5, 5.41) is 4.42. The van der Waals surface area contributed by atoms with Gasteiger partial charge in [0.25, 0.3) is 0 Å². The lowest BCUT2D eigenvalue weighted by atomic mass is 10.0. The lowest BCUT2D eigenvalue weighted by molar-refractivity contribution is -0.121. The monoisotopic (exact) mass is 283 g/mol. The van der Waals surface area contributed by atoms with Crippen LogP contribution in [-0.4, -0.2) is 30.0 Å². The average Bonchev–Trinajstić information content (AvgIpc) is 2.53. The number of amides is 1. The number of benzene rings is 1. The maximum absolute atomic E-state index is 12.6. The van der Waals surface area contributed by atoms with E-state index in [4.69, 9.17) is 0 Å². The molecule has 4 nitrogen and oxygen atoms in total. The van der Waals surface area contributed by atoms with Crippen LogP contribution < -0.4 is 10.2 Å². The minimum atomic E-state index is -0.0508. The van der Waals surface area contributed by atoms with Crippen molar-refractivity contribution in [1.82, 2.24) is 10.3 Å².